The van der Waals surface area contributed by atoms with Gasteiger partial charge >= 0.3 is 5.97 Å². The van der Waals surface area contributed by atoms with E-state index in [0.29, 0.717) is 12.1 Å². The first-order valence-electron chi connectivity index (χ1n) is 10.2. The highest BCUT2D eigenvalue weighted by Crippen LogP contribution is 2.27. The average molecular weight is 422 g/mol. The topological polar surface area (TPSA) is 92.8 Å². The predicted octanol–water partition coefficient (Wildman–Crippen LogP) is 3.88. The molecule has 0 spiro atoms. The molecule has 31 heavy (non-hydrogen) atoms. The third-order valence-corrected chi connectivity index (χ3v) is 5.49. The number of carbonyl (C=O) groups is 4. The smallest absolute Gasteiger partial charge is 0.338 e. The van der Waals surface area contributed by atoms with Crippen LogP contribution in [-0.2, 0) is 9.53 Å². The van der Waals surface area contributed by atoms with Gasteiger partial charge in [0.25, 0.3) is 17.7 Å². The second-order valence-corrected chi connectivity index (χ2v) is 7.85. The fraction of sp³-hybridized carbons (Fsp3) is 0.333. The molecule has 0 aromatic heterocycles. The summed E-state index contributed by atoms with van der Waals surface area (Å²) < 4.78 is 5.30. The van der Waals surface area contributed by atoms with Gasteiger partial charge in [-0.05, 0) is 69.5 Å². The van der Waals surface area contributed by atoms with Gasteiger partial charge < -0.3 is 10.1 Å². The molecule has 3 rings (SSSR count). The third kappa shape index (κ3) is 4.35. The Kier molecular flexibility index (Phi) is 6.24. The van der Waals surface area contributed by atoms with Crippen LogP contribution in [0, 0.1) is 13.8 Å². The van der Waals surface area contributed by atoms with Crippen LogP contribution < -0.4 is 5.32 Å². The zero-order valence-electron chi connectivity index (χ0n) is 18.3. The molecule has 0 unspecified atom stereocenters. The van der Waals surface area contributed by atoms with E-state index in [1.165, 1.54) is 30.0 Å². The van der Waals surface area contributed by atoms with E-state index >= 15 is 0 Å². The molecule has 0 fully saturated rings. The molecule has 7 nitrogen and oxygen atoms in total. The SMILES string of the molecule is CC[C@@H](C)N1C(=O)c2ccc(C(=O)O[C@@H](C)C(=O)Nc3cc(C)ccc3C)cc2C1=O. The van der Waals surface area contributed by atoms with Gasteiger partial charge in [0.15, 0.2) is 6.10 Å². The Bertz CT molecular complexity index is 1080. The van der Waals surface area contributed by atoms with Crippen LogP contribution in [0.2, 0.25) is 0 Å². The maximum absolute atomic E-state index is 12.7. The number of ether oxygens (including phenoxy) is 1. The first kappa shape index (κ1) is 22.2. The van der Waals surface area contributed by atoms with Crippen LogP contribution in [0.4, 0.5) is 5.69 Å². The fourth-order valence-corrected chi connectivity index (χ4v) is 3.36. The number of nitrogens with one attached hydrogen (secondary N) is 1. The number of rotatable bonds is 6. The number of anilines is 1. The van der Waals surface area contributed by atoms with Crippen molar-refractivity contribution >= 4 is 29.4 Å². The summed E-state index contributed by atoms with van der Waals surface area (Å²) in [5, 5.41) is 2.77. The lowest BCUT2D eigenvalue weighted by atomic mass is 10.1. The van der Waals surface area contributed by atoms with Gasteiger partial charge in [-0.2, -0.15) is 0 Å². The molecule has 1 N–H and O–H groups in total. The van der Waals surface area contributed by atoms with Crippen LogP contribution in [0.1, 0.15) is 69.4 Å². The summed E-state index contributed by atoms with van der Waals surface area (Å²) in [6, 6.07) is 9.68. The largest absolute Gasteiger partial charge is 0.449 e. The Morgan fingerprint density at radius 2 is 1.68 bits per heavy atom. The quantitative estimate of drug-likeness (QED) is 0.563. The van der Waals surface area contributed by atoms with E-state index in [9.17, 15) is 19.2 Å². The van der Waals surface area contributed by atoms with Crippen molar-refractivity contribution in [2.24, 2.45) is 0 Å². The van der Waals surface area contributed by atoms with Crippen LogP contribution >= 0.6 is 0 Å². The number of amides is 3. The summed E-state index contributed by atoms with van der Waals surface area (Å²) in [7, 11) is 0. The molecule has 3 amide bonds. The minimum absolute atomic E-state index is 0.109. The number of esters is 1. The minimum atomic E-state index is -1.05. The molecule has 0 saturated heterocycles. The van der Waals surface area contributed by atoms with Crippen molar-refractivity contribution in [3.63, 3.8) is 0 Å². The van der Waals surface area contributed by atoms with Crippen molar-refractivity contribution in [1.82, 2.24) is 4.90 Å². The zero-order valence-corrected chi connectivity index (χ0v) is 18.3. The molecular weight excluding hydrogens is 396 g/mol. The van der Waals surface area contributed by atoms with Crippen LogP contribution in [0.3, 0.4) is 0 Å². The Morgan fingerprint density at radius 1 is 1.00 bits per heavy atom. The predicted molar refractivity (Wildman–Crippen MR) is 116 cm³/mol. The highest BCUT2D eigenvalue weighted by atomic mass is 16.5. The lowest BCUT2D eigenvalue weighted by molar-refractivity contribution is -0.123. The summed E-state index contributed by atoms with van der Waals surface area (Å²) in [6.45, 7) is 8.96. The zero-order chi connectivity index (χ0) is 22.9. The first-order chi connectivity index (χ1) is 14.6. The average Bonchev–Trinajstić information content (AvgIpc) is 2.99. The van der Waals surface area contributed by atoms with Crippen LogP contribution in [0.25, 0.3) is 0 Å². The summed E-state index contributed by atoms with van der Waals surface area (Å²) >= 11 is 0. The highest BCUT2D eigenvalue weighted by molar-refractivity contribution is 6.22. The second-order valence-electron chi connectivity index (χ2n) is 7.85. The maximum atomic E-state index is 12.7. The first-order valence-corrected chi connectivity index (χ1v) is 10.2. The van der Waals surface area contributed by atoms with E-state index in [1.807, 2.05) is 39.0 Å². The number of fused-ring (bicyclic) bond motifs is 1. The Labute approximate surface area is 181 Å². The van der Waals surface area contributed by atoms with Crippen molar-refractivity contribution < 1.29 is 23.9 Å². The van der Waals surface area contributed by atoms with Crippen molar-refractivity contribution in [1.29, 1.82) is 0 Å². The third-order valence-electron chi connectivity index (χ3n) is 5.49. The number of aryl methyl sites for hydroxylation is 2. The van der Waals surface area contributed by atoms with E-state index in [4.69, 9.17) is 4.74 Å². The summed E-state index contributed by atoms with van der Waals surface area (Å²) in [5.74, 6) is -1.99. The highest BCUT2D eigenvalue weighted by Gasteiger charge is 2.38. The van der Waals surface area contributed by atoms with Gasteiger partial charge in [0.05, 0.1) is 16.7 Å². The number of benzene rings is 2. The van der Waals surface area contributed by atoms with Crippen molar-refractivity contribution in [3.8, 4) is 0 Å². The molecule has 2 aromatic carbocycles. The molecule has 162 valence electrons. The molecule has 0 bridgehead atoms. The number of carbonyl (C=O) groups excluding carboxylic acids is 4. The fourth-order valence-electron chi connectivity index (χ4n) is 3.36. The van der Waals surface area contributed by atoms with Crippen LogP contribution in [0.15, 0.2) is 36.4 Å². The monoisotopic (exact) mass is 422 g/mol. The van der Waals surface area contributed by atoms with Gasteiger partial charge in [-0.25, -0.2) is 4.79 Å². The van der Waals surface area contributed by atoms with E-state index < -0.39 is 23.9 Å². The normalized spacial score (nSPS) is 14.8. The Balaban J connectivity index is 1.72. The molecule has 7 heteroatoms. The van der Waals surface area contributed by atoms with Gasteiger partial charge in [0.1, 0.15) is 0 Å². The second kappa shape index (κ2) is 8.71. The maximum Gasteiger partial charge on any atom is 0.338 e. The lowest BCUT2D eigenvalue weighted by Crippen LogP contribution is -2.37. The van der Waals surface area contributed by atoms with E-state index in [2.05, 4.69) is 5.32 Å². The van der Waals surface area contributed by atoms with Gasteiger partial charge in [-0.1, -0.05) is 19.1 Å². The molecule has 2 aromatic rings. The Morgan fingerprint density at radius 3 is 2.35 bits per heavy atom. The molecular formula is C24H26N2O5. The molecule has 1 aliphatic rings. The summed E-state index contributed by atoms with van der Waals surface area (Å²) in [4.78, 5) is 51.5. The summed E-state index contributed by atoms with van der Waals surface area (Å²) in [6.07, 6.45) is -0.414. The number of hydrogen-bond acceptors (Lipinski definition) is 5. The number of imide groups is 1. The summed E-state index contributed by atoms with van der Waals surface area (Å²) in [5.41, 5.74) is 3.09. The molecule has 1 heterocycles. The van der Waals surface area contributed by atoms with Gasteiger partial charge in [0, 0.05) is 11.7 Å². The Hall–Kier alpha value is -3.48. The van der Waals surface area contributed by atoms with E-state index in [1.54, 1.807) is 6.92 Å². The van der Waals surface area contributed by atoms with Gasteiger partial charge in [-0.15, -0.1) is 0 Å². The van der Waals surface area contributed by atoms with Crippen molar-refractivity contribution in [2.45, 2.75) is 53.2 Å². The molecule has 0 saturated carbocycles. The van der Waals surface area contributed by atoms with Crippen LogP contribution in [0.5, 0.6) is 0 Å². The van der Waals surface area contributed by atoms with Crippen molar-refractivity contribution in [3.05, 3.63) is 64.2 Å². The standard InChI is InChI=1S/C24H26N2O5/c1-6-15(4)26-22(28)18-10-9-17(12-19(18)23(26)29)24(30)31-16(5)21(27)25-20-11-13(2)7-8-14(20)3/h7-12,15-16H,6H2,1-5H3,(H,25,27)/t15-,16+/m1/s1. The van der Waals surface area contributed by atoms with Crippen molar-refractivity contribution in [2.75, 3.05) is 5.32 Å². The lowest BCUT2D eigenvalue weighted by Gasteiger charge is -2.20. The van der Waals surface area contributed by atoms with Gasteiger partial charge in [0.2, 0.25) is 0 Å². The molecule has 0 radical (unpaired) electrons. The van der Waals surface area contributed by atoms with E-state index in [0.717, 1.165) is 11.1 Å². The molecule has 1 aliphatic heterocycles. The number of hydrogen-bond donors (Lipinski definition) is 1. The molecule has 2 atom stereocenters. The minimum Gasteiger partial charge on any atom is -0.449 e. The van der Waals surface area contributed by atoms with E-state index in [-0.39, 0.29) is 28.6 Å². The molecule has 0 aliphatic carbocycles. The van der Waals surface area contributed by atoms with Crippen LogP contribution in [-0.4, -0.2) is 40.7 Å². The van der Waals surface area contributed by atoms with Gasteiger partial charge in [-0.3, -0.25) is 19.3 Å². The number of nitrogens with zero attached hydrogens (tertiary/aromatic N) is 1.